The van der Waals surface area contributed by atoms with Crippen molar-refractivity contribution in [3.05, 3.63) is 96.5 Å². The number of halogens is 4. The van der Waals surface area contributed by atoms with E-state index in [2.05, 4.69) is 21.9 Å². The first-order chi connectivity index (χ1) is 17.2. The van der Waals surface area contributed by atoms with Crippen LogP contribution in [0, 0.1) is 0 Å². The van der Waals surface area contributed by atoms with Gasteiger partial charge < -0.3 is 10.6 Å². The van der Waals surface area contributed by atoms with Crippen LogP contribution in [0.3, 0.4) is 0 Å². The summed E-state index contributed by atoms with van der Waals surface area (Å²) in [5, 5.41) is 5.38. The van der Waals surface area contributed by atoms with E-state index in [4.69, 9.17) is 0 Å². The second-order valence-corrected chi connectivity index (χ2v) is 6.73. The summed E-state index contributed by atoms with van der Waals surface area (Å²) in [6.07, 6.45) is 9.45. The molecule has 8 heteroatoms. The van der Waals surface area contributed by atoms with E-state index < -0.39 is 12.5 Å². The lowest BCUT2D eigenvalue weighted by atomic mass is 10.1. The number of carbonyl (C=O) groups excluding carboxylic acids is 1. The van der Waals surface area contributed by atoms with Crippen LogP contribution in [0.5, 0.6) is 0 Å². The fourth-order valence-corrected chi connectivity index (χ4v) is 2.46. The third-order valence-electron chi connectivity index (χ3n) is 4.05. The van der Waals surface area contributed by atoms with Crippen molar-refractivity contribution in [3.63, 3.8) is 0 Å². The topological polar surface area (TPSA) is 50.4 Å². The van der Waals surface area contributed by atoms with Gasteiger partial charge in [0, 0.05) is 12.7 Å². The molecule has 36 heavy (non-hydrogen) atoms. The molecule has 0 saturated carbocycles. The van der Waals surface area contributed by atoms with Gasteiger partial charge in [-0.05, 0) is 56.7 Å². The van der Waals surface area contributed by atoms with Gasteiger partial charge >= 0.3 is 6.36 Å². The number of carbonyl (C=O) groups is 1. The largest absolute Gasteiger partial charge is 0.523 e. The van der Waals surface area contributed by atoms with Gasteiger partial charge in [0.1, 0.15) is 5.83 Å². The van der Waals surface area contributed by atoms with Gasteiger partial charge in [0.25, 0.3) is 0 Å². The van der Waals surface area contributed by atoms with Crippen molar-refractivity contribution in [2.75, 3.05) is 12.4 Å². The van der Waals surface area contributed by atoms with Gasteiger partial charge in [0.05, 0.1) is 6.10 Å². The average Bonchev–Trinajstić information content (AvgIpc) is 2.86. The lowest BCUT2D eigenvalue weighted by Gasteiger charge is -2.15. The molecular formula is C28H38F4N2O2. The van der Waals surface area contributed by atoms with Crippen LogP contribution in [0.4, 0.5) is 23.2 Å². The fourth-order valence-electron chi connectivity index (χ4n) is 2.46. The van der Waals surface area contributed by atoms with Gasteiger partial charge in [-0.15, -0.1) is 13.2 Å². The highest BCUT2D eigenvalue weighted by atomic mass is 19.4. The molecule has 2 N–H and O–H groups in total. The zero-order chi connectivity index (χ0) is 27.8. The van der Waals surface area contributed by atoms with E-state index in [0.29, 0.717) is 12.8 Å². The van der Waals surface area contributed by atoms with Crippen molar-refractivity contribution in [1.29, 1.82) is 0 Å². The predicted octanol–water partition coefficient (Wildman–Crippen LogP) is 8.26. The molecule has 0 saturated heterocycles. The Labute approximate surface area is 212 Å². The van der Waals surface area contributed by atoms with Crippen LogP contribution in [-0.2, 0) is 9.53 Å². The van der Waals surface area contributed by atoms with Gasteiger partial charge in [-0.25, -0.2) is 4.39 Å². The number of nitrogens with one attached hydrogen (secondary N) is 2. The van der Waals surface area contributed by atoms with Crippen LogP contribution >= 0.6 is 0 Å². The minimum absolute atomic E-state index is 0.195. The van der Waals surface area contributed by atoms with Crippen LogP contribution < -0.4 is 10.6 Å². The third kappa shape index (κ3) is 20.0. The molecule has 0 aliphatic heterocycles. The monoisotopic (exact) mass is 510 g/mol. The Kier molecular flexibility index (Phi) is 21.3. The van der Waals surface area contributed by atoms with Crippen LogP contribution in [0.1, 0.15) is 46.1 Å². The van der Waals surface area contributed by atoms with Crippen molar-refractivity contribution in [2.45, 2.75) is 53.0 Å². The van der Waals surface area contributed by atoms with Crippen molar-refractivity contribution < 1.29 is 27.1 Å². The number of benzene rings is 1. The normalized spacial score (nSPS) is 13.0. The molecular weight excluding hydrogens is 472 g/mol. The highest BCUT2D eigenvalue weighted by Crippen LogP contribution is 2.21. The molecule has 0 fully saturated rings. The van der Waals surface area contributed by atoms with Crippen LogP contribution in [0.2, 0.25) is 0 Å². The van der Waals surface area contributed by atoms with E-state index in [-0.39, 0.29) is 12.2 Å². The van der Waals surface area contributed by atoms with Crippen LogP contribution in [0.15, 0.2) is 91.0 Å². The van der Waals surface area contributed by atoms with E-state index in [1.54, 1.807) is 19.1 Å². The number of rotatable bonds is 12. The van der Waals surface area contributed by atoms with Gasteiger partial charge in [-0.1, -0.05) is 80.7 Å². The molecule has 200 valence electrons. The molecule has 0 aliphatic carbocycles. The maximum absolute atomic E-state index is 12.8. The van der Waals surface area contributed by atoms with Crippen molar-refractivity contribution >= 4 is 18.2 Å². The van der Waals surface area contributed by atoms with Gasteiger partial charge in [0.2, 0.25) is 6.41 Å². The van der Waals surface area contributed by atoms with E-state index in [0.717, 1.165) is 16.8 Å². The number of alkyl halides is 3. The molecule has 0 spiro atoms. The molecule has 0 heterocycles. The Bertz CT molecular complexity index is 886. The number of hydrogen-bond acceptors (Lipinski definition) is 3. The number of hydrogen-bond donors (Lipinski definition) is 2. The zero-order valence-corrected chi connectivity index (χ0v) is 21.6. The first kappa shape index (κ1) is 34.8. The third-order valence-corrected chi connectivity index (χ3v) is 4.05. The molecule has 1 aromatic carbocycles. The highest BCUT2D eigenvalue weighted by Gasteiger charge is 2.32. The summed E-state index contributed by atoms with van der Waals surface area (Å²) in [4.78, 5) is 9.85. The summed E-state index contributed by atoms with van der Waals surface area (Å²) in [6, 6.07) is 8.00. The number of amides is 1. The molecule has 1 rings (SSSR count). The van der Waals surface area contributed by atoms with Gasteiger partial charge in [-0.2, -0.15) is 0 Å². The van der Waals surface area contributed by atoms with Crippen molar-refractivity contribution in [3.8, 4) is 0 Å². The summed E-state index contributed by atoms with van der Waals surface area (Å²) in [5.74, 6) is -0.335. The summed E-state index contributed by atoms with van der Waals surface area (Å²) in [7, 11) is 1.89. The van der Waals surface area contributed by atoms with Crippen molar-refractivity contribution in [2.24, 2.45) is 0 Å². The summed E-state index contributed by atoms with van der Waals surface area (Å²) >= 11 is 0. The molecule has 4 nitrogen and oxygen atoms in total. The summed E-state index contributed by atoms with van der Waals surface area (Å²) in [6.45, 7) is 10.9. The lowest BCUT2D eigenvalue weighted by Crippen LogP contribution is -2.22. The minimum Gasteiger partial charge on any atom is -0.388 e. The van der Waals surface area contributed by atoms with Gasteiger partial charge in [0.15, 0.2) is 0 Å². The molecule has 0 aliphatic rings. The van der Waals surface area contributed by atoms with Crippen LogP contribution in [0.25, 0.3) is 6.08 Å². The SMILES string of the molecule is C/C=C\C(CC/C=C/NC=O)OC(F)(F)F.C=C\C(F)=C/C=C(C)/C=C/c1ccccc1NC.CC. The molecule has 1 atom stereocenters. The number of para-hydroxylation sites is 1. The van der Waals surface area contributed by atoms with E-state index in [1.165, 1.54) is 30.5 Å². The Morgan fingerprint density at radius 2 is 1.86 bits per heavy atom. The smallest absolute Gasteiger partial charge is 0.388 e. The second kappa shape index (κ2) is 22.1. The number of anilines is 1. The zero-order valence-electron chi connectivity index (χ0n) is 21.6. The molecule has 0 aromatic heterocycles. The average molecular weight is 511 g/mol. The van der Waals surface area contributed by atoms with Gasteiger partial charge in [-0.3, -0.25) is 9.53 Å². The number of allylic oxidation sites excluding steroid dienone is 8. The molecule has 1 amide bonds. The molecule has 1 aromatic rings. The van der Waals surface area contributed by atoms with E-state index >= 15 is 0 Å². The Morgan fingerprint density at radius 3 is 2.42 bits per heavy atom. The predicted molar refractivity (Wildman–Crippen MR) is 143 cm³/mol. The summed E-state index contributed by atoms with van der Waals surface area (Å²) in [5.41, 5.74) is 3.13. The Hall–Kier alpha value is -3.39. The first-order valence-corrected chi connectivity index (χ1v) is 11.5. The quantitative estimate of drug-likeness (QED) is 0.129. The minimum atomic E-state index is -4.63. The molecule has 0 radical (unpaired) electrons. The highest BCUT2D eigenvalue weighted by molar-refractivity contribution is 5.67. The standard InChI is InChI=1S/C16H18FN.C10H14F3NO2.C2H6/c1-4-15(17)12-10-13(2)9-11-14-7-5-6-8-16(14)18-3;1-2-5-9(16-10(11,12)13)6-3-4-7-14-8-15;1-2/h4-12,18H,1H2,2-3H3;2,4-5,7-9H,3,6H2,1H3,(H,14,15);1-2H3/b11-9+,13-10+,15-12+;5-2-,7-4+;. The Morgan fingerprint density at radius 1 is 1.19 bits per heavy atom. The van der Waals surface area contributed by atoms with Crippen molar-refractivity contribution in [1.82, 2.24) is 5.32 Å². The van der Waals surface area contributed by atoms with E-state index in [9.17, 15) is 22.4 Å². The summed E-state index contributed by atoms with van der Waals surface area (Å²) < 4.78 is 52.5. The van der Waals surface area contributed by atoms with Crippen LogP contribution in [-0.4, -0.2) is 25.9 Å². The maximum Gasteiger partial charge on any atom is 0.523 e. The molecule has 1 unspecified atom stereocenters. The van der Waals surface area contributed by atoms with E-state index in [1.807, 2.05) is 64.2 Å². The lowest BCUT2D eigenvalue weighted by molar-refractivity contribution is -0.336. The fraction of sp³-hybridized carbons (Fsp3) is 0.321. The first-order valence-electron chi connectivity index (χ1n) is 11.5. The number of ether oxygens (including phenoxy) is 1. The molecule has 0 bridgehead atoms. The maximum atomic E-state index is 12.8. The Balaban J connectivity index is 0. The second-order valence-electron chi connectivity index (χ2n) is 6.73.